The summed E-state index contributed by atoms with van der Waals surface area (Å²) >= 11 is 3.27. The number of piperidine rings is 1. The van der Waals surface area contributed by atoms with Crippen LogP contribution in [0.3, 0.4) is 0 Å². The van der Waals surface area contributed by atoms with Gasteiger partial charge in [0.2, 0.25) is 5.88 Å². The van der Waals surface area contributed by atoms with Crippen molar-refractivity contribution in [3.63, 3.8) is 0 Å². The lowest BCUT2D eigenvalue weighted by Gasteiger charge is -2.33. The smallest absolute Gasteiger partial charge is 0.257 e. The predicted octanol–water partition coefficient (Wildman–Crippen LogP) is 4.57. The molecule has 30 heavy (non-hydrogen) atoms. The van der Waals surface area contributed by atoms with Crippen molar-refractivity contribution in [3.8, 4) is 11.6 Å². The lowest BCUT2D eigenvalue weighted by molar-refractivity contribution is 0.0928. The molecule has 0 spiro atoms. The largest absolute Gasteiger partial charge is 0.437 e. The Labute approximate surface area is 182 Å². The third-order valence-electron chi connectivity index (χ3n) is 4.92. The van der Waals surface area contributed by atoms with Crippen molar-refractivity contribution in [2.75, 3.05) is 18.0 Å². The number of rotatable bonds is 5. The molecule has 6 nitrogen and oxygen atoms in total. The summed E-state index contributed by atoms with van der Waals surface area (Å²) < 4.78 is 19.5. The summed E-state index contributed by atoms with van der Waals surface area (Å²) in [5.41, 5.74) is 0.334. The number of carbonyl (C=O) groups is 1. The first-order valence-corrected chi connectivity index (χ1v) is 10.4. The topological polar surface area (TPSA) is 67.4 Å². The van der Waals surface area contributed by atoms with Crippen molar-refractivity contribution in [1.82, 2.24) is 15.3 Å². The average molecular weight is 471 g/mol. The summed E-state index contributed by atoms with van der Waals surface area (Å²) in [6.45, 7) is 1.64. The summed E-state index contributed by atoms with van der Waals surface area (Å²) in [6.07, 6.45) is 4.98. The van der Waals surface area contributed by atoms with Crippen LogP contribution in [0.25, 0.3) is 0 Å². The van der Waals surface area contributed by atoms with Gasteiger partial charge in [0.15, 0.2) is 0 Å². The first-order valence-electron chi connectivity index (χ1n) is 9.65. The van der Waals surface area contributed by atoms with Gasteiger partial charge < -0.3 is 15.0 Å². The molecule has 1 fully saturated rings. The average Bonchev–Trinajstić information content (AvgIpc) is 2.77. The molecule has 0 radical (unpaired) electrons. The zero-order valence-electron chi connectivity index (χ0n) is 16.1. The van der Waals surface area contributed by atoms with E-state index in [1.165, 1.54) is 18.2 Å². The van der Waals surface area contributed by atoms with Gasteiger partial charge in [0, 0.05) is 31.5 Å². The van der Waals surface area contributed by atoms with E-state index in [9.17, 15) is 9.18 Å². The Morgan fingerprint density at radius 2 is 1.90 bits per heavy atom. The van der Waals surface area contributed by atoms with Crippen LogP contribution in [0.5, 0.6) is 11.6 Å². The lowest BCUT2D eigenvalue weighted by Crippen LogP contribution is -2.45. The van der Waals surface area contributed by atoms with Crippen molar-refractivity contribution in [3.05, 3.63) is 76.8 Å². The van der Waals surface area contributed by atoms with Crippen LogP contribution in [0.15, 0.2) is 65.4 Å². The minimum atomic E-state index is -0.384. The highest BCUT2D eigenvalue weighted by Gasteiger charge is 2.23. The second kappa shape index (κ2) is 9.21. The van der Waals surface area contributed by atoms with Gasteiger partial charge in [0.25, 0.3) is 5.91 Å². The zero-order chi connectivity index (χ0) is 20.9. The minimum absolute atomic E-state index is 0.0584. The maximum Gasteiger partial charge on any atom is 0.257 e. The van der Waals surface area contributed by atoms with E-state index in [0.29, 0.717) is 15.8 Å². The summed E-state index contributed by atoms with van der Waals surface area (Å²) in [5.74, 6) is 0.883. The summed E-state index contributed by atoms with van der Waals surface area (Å²) in [4.78, 5) is 23.7. The van der Waals surface area contributed by atoms with Crippen LogP contribution < -0.4 is 15.0 Å². The molecule has 0 bridgehead atoms. The molecule has 3 heterocycles. The number of anilines is 1. The summed E-state index contributed by atoms with van der Waals surface area (Å²) in [5, 5.41) is 3.08. The lowest BCUT2D eigenvalue weighted by atomic mass is 10.0. The Morgan fingerprint density at radius 1 is 1.10 bits per heavy atom. The molecule has 1 amide bonds. The van der Waals surface area contributed by atoms with Gasteiger partial charge in [-0.05, 0) is 71.2 Å². The number of carbonyl (C=O) groups excluding carboxylic acids is 1. The molecule has 154 valence electrons. The van der Waals surface area contributed by atoms with E-state index in [0.717, 1.165) is 31.7 Å². The van der Waals surface area contributed by atoms with E-state index in [1.54, 1.807) is 24.5 Å². The molecule has 1 N–H and O–H groups in total. The fraction of sp³-hybridized carbons (Fsp3) is 0.227. The number of aromatic nitrogens is 2. The number of nitrogens with zero attached hydrogens (tertiary/aromatic N) is 3. The highest BCUT2D eigenvalue weighted by atomic mass is 79.9. The predicted molar refractivity (Wildman–Crippen MR) is 115 cm³/mol. The van der Waals surface area contributed by atoms with Crippen LogP contribution in [0, 0.1) is 5.82 Å². The summed E-state index contributed by atoms with van der Waals surface area (Å²) in [6, 6.07) is 13.3. The van der Waals surface area contributed by atoms with Gasteiger partial charge in [0.05, 0.1) is 4.47 Å². The van der Waals surface area contributed by atoms with Crippen LogP contribution >= 0.6 is 15.9 Å². The van der Waals surface area contributed by atoms with Gasteiger partial charge in [0.1, 0.15) is 22.9 Å². The van der Waals surface area contributed by atoms with E-state index in [-0.39, 0.29) is 23.6 Å². The van der Waals surface area contributed by atoms with Crippen LogP contribution in [0.2, 0.25) is 0 Å². The first-order chi connectivity index (χ1) is 14.6. The van der Waals surface area contributed by atoms with Crippen molar-refractivity contribution in [1.29, 1.82) is 0 Å². The molecule has 0 atom stereocenters. The minimum Gasteiger partial charge on any atom is -0.437 e. The molecule has 8 heteroatoms. The normalized spacial score (nSPS) is 14.4. The van der Waals surface area contributed by atoms with E-state index in [1.807, 2.05) is 18.2 Å². The highest BCUT2D eigenvalue weighted by molar-refractivity contribution is 9.10. The highest BCUT2D eigenvalue weighted by Crippen LogP contribution is 2.31. The molecular formula is C22H20BrFN4O2. The molecular weight excluding hydrogens is 451 g/mol. The molecule has 3 aromatic rings. The number of amides is 1. The molecule has 0 unspecified atom stereocenters. The standard InChI is InChI=1S/C22H20BrFN4O2/c23-18-14-15(24)6-7-19(18)30-22-17(4-3-11-26-22)21(29)27-16-8-12-28(13-9-16)20-5-1-2-10-25-20/h1-7,10-11,14,16H,8-9,12-13H2,(H,27,29). The van der Waals surface area contributed by atoms with E-state index in [4.69, 9.17) is 4.74 Å². The fourth-order valence-electron chi connectivity index (χ4n) is 3.36. The number of ether oxygens (including phenoxy) is 1. The van der Waals surface area contributed by atoms with Gasteiger partial charge in [-0.15, -0.1) is 0 Å². The van der Waals surface area contributed by atoms with E-state index < -0.39 is 0 Å². The van der Waals surface area contributed by atoms with E-state index >= 15 is 0 Å². The monoisotopic (exact) mass is 470 g/mol. The van der Waals surface area contributed by atoms with Gasteiger partial charge >= 0.3 is 0 Å². The second-order valence-electron chi connectivity index (χ2n) is 6.96. The molecule has 0 aliphatic carbocycles. The zero-order valence-corrected chi connectivity index (χ0v) is 17.7. The van der Waals surface area contributed by atoms with Crippen LogP contribution in [-0.2, 0) is 0 Å². The van der Waals surface area contributed by atoms with Crippen LogP contribution in [0.1, 0.15) is 23.2 Å². The van der Waals surface area contributed by atoms with Crippen molar-refractivity contribution in [2.45, 2.75) is 18.9 Å². The van der Waals surface area contributed by atoms with Gasteiger partial charge in [-0.25, -0.2) is 14.4 Å². The van der Waals surface area contributed by atoms with Gasteiger partial charge in [-0.2, -0.15) is 0 Å². The van der Waals surface area contributed by atoms with E-state index in [2.05, 4.69) is 36.1 Å². The maximum absolute atomic E-state index is 13.3. The number of benzene rings is 1. The number of nitrogens with one attached hydrogen (secondary N) is 1. The van der Waals surface area contributed by atoms with Crippen molar-refractivity contribution < 1.29 is 13.9 Å². The van der Waals surface area contributed by atoms with Gasteiger partial charge in [-0.1, -0.05) is 6.07 Å². The molecule has 1 aromatic carbocycles. The maximum atomic E-state index is 13.3. The number of pyridine rings is 2. The quantitative estimate of drug-likeness (QED) is 0.591. The number of hydrogen-bond acceptors (Lipinski definition) is 5. The molecule has 0 saturated carbocycles. The molecule has 1 saturated heterocycles. The van der Waals surface area contributed by atoms with Gasteiger partial charge in [-0.3, -0.25) is 4.79 Å². The van der Waals surface area contributed by atoms with Crippen LogP contribution in [-0.4, -0.2) is 35.0 Å². The Bertz CT molecular complexity index is 1030. The fourth-order valence-corrected chi connectivity index (χ4v) is 3.80. The van der Waals surface area contributed by atoms with Crippen molar-refractivity contribution in [2.24, 2.45) is 0 Å². The SMILES string of the molecule is O=C(NC1CCN(c2ccccn2)CC1)c1cccnc1Oc1ccc(F)cc1Br. The first kappa shape index (κ1) is 20.3. The Kier molecular flexibility index (Phi) is 6.23. The Morgan fingerprint density at radius 3 is 2.63 bits per heavy atom. The Hall–Kier alpha value is -3.00. The molecule has 2 aromatic heterocycles. The van der Waals surface area contributed by atoms with Crippen molar-refractivity contribution >= 4 is 27.7 Å². The molecule has 1 aliphatic rings. The molecule has 1 aliphatic heterocycles. The third kappa shape index (κ3) is 4.76. The molecule has 4 rings (SSSR count). The number of hydrogen-bond donors (Lipinski definition) is 1. The third-order valence-corrected chi connectivity index (χ3v) is 5.54. The summed E-state index contributed by atoms with van der Waals surface area (Å²) in [7, 11) is 0. The number of halogens is 2. The Balaban J connectivity index is 1.41. The second-order valence-corrected chi connectivity index (χ2v) is 7.81. The van der Waals surface area contributed by atoms with Crippen LogP contribution in [0.4, 0.5) is 10.2 Å².